The molecule has 0 radical (unpaired) electrons. The first-order valence-electron chi connectivity index (χ1n) is 5.68. The molecule has 0 aromatic heterocycles. The topological polar surface area (TPSA) is 12.0 Å². The number of rotatable bonds is 4. The smallest absolute Gasteiger partial charge is 0.0353 e. The molecule has 1 aromatic carbocycles. The van der Waals surface area contributed by atoms with E-state index < -0.39 is 0 Å². The molecular weight excluding hydrogens is 297 g/mol. The fraction of sp³-hybridized carbons (Fsp3) is 0.538. The van der Waals surface area contributed by atoms with Gasteiger partial charge in [-0.25, -0.2) is 0 Å². The summed E-state index contributed by atoms with van der Waals surface area (Å²) in [5, 5.41) is 3.58. The molecule has 1 aromatic rings. The van der Waals surface area contributed by atoms with Crippen molar-refractivity contribution in [2.45, 2.75) is 39.2 Å². The van der Waals surface area contributed by atoms with Gasteiger partial charge in [0, 0.05) is 15.3 Å². The van der Waals surface area contributed by atoms with Crippen molar-refractivity contribution in [2.24, 2.45) is 5.92 Å². The van der Waals surface area contributed by atoms with Gasteiger partial charge in [-0.05, 0) is 66.5 Å². The zero-order chi connectivity index (χ0) is 10.8. The van der Waals surface area contributed by atoms with Crippen molar-refractivity contribution in [3.8, 4) is 0 Å². The molecule has 1 atom stereocenters. The molecule has 0 saturated heterocycles. The van der Waals surface area contributed by atoms with E-state index in [2.05, 4.69) is 60.0 Å². The summed E-state index contributed by atoms with van der Waals surface area (Å²) >= 11 is 2.39. The normalized spacial score (nSPS) is 17.5. The molecule has 0 amide bonds. The Hall–Kier alpha value is -0.250. The van der Waals surface area contributed by atoms with Crippen molar-refractivity contribution in [3.05, 3.63) is 27.3 Å². The number of anilines is 1. The number of hydrogen-bond donors (Lipinski definition) is 1. The average molecular weight is 315 g/mol. The molecule has 1 nitrogen and oxygen atoms in total. The van der Waals surface area contributed by atoms with Crippen LogP contribution >= 0.6 is 22.6 Å². The number of nitrogens with one attached hydrogen (secondary N) is 1. The van der Waals surface area contributed by atoms with Gasteiger partial charge < -0.3 is 5.32 Å². The quantitative estimate of drug-likeness (QED) is 0.821. The standard InChI is InChI=1S/C13H18IN/c1-9-3-6-12(8-13(9)14)15-10(2)7-11-4-5-11/h3,6,8,10-11,15H,4-5,7H2,1-2H3. The molecule has 1 fully saturated rings. The monoisotopic (exact) mass is 315 g/mol. The highest BCUT2D eigenvalue weighted by molar-refractivity contribution is 14.1. The number of hydrogen-bond acceptors (Lipinski definition) is 1. The van der Waals surface area contributed by atoms with Crippen LogP contribution in [0, 0.1) is 16.4 Å². The third-order valence-corrected chi connectivity index (χ3v) is 4.13. The molecule has 1 N–H and O–H groups in total. The lowest BCUT2D eigenvalue weighted by Gasteiger charge is -2.15. The summed E-state index contributed by atoms with van der Waals surface area (Å²) in [5.74, 6) is 0.997. The maximum absolute atomic E-state index is 3.58. The van der Waals surface area contributed by atoms with E-state index in [4.69, 9.17) is 0 Å². The SMILES string of the molecule is Cc1ccc(NC(C)CC2CC2)cc1I. The van der Waals surface area contributed by atoms with Crippen molar-refractivity contribution in [1.82, 2.24) is 0 Å². The van der Waals surface area contributed by atoms with Crippen LogP contribution in [-0.2, 0) is 0 Å². The molecule has 0 bridgehead atoms. The van der Waals surface area contributed by atoms with E-state index in [9.17, 15) is 0 Å². The second kappa shape index (κ2) is 4.73. The van der Waals surface area contributed by atoms with Gasteiger partial charge in [0.1, 0.15) is 0 Å². The third kappa shape index (κ3) is 3.37. The Morgan fingerprint density at radius 2 is 2.20 bits per heavy atom. The first-order chi connectivity index (χ1) is 7.15. The first kappa shape index (κ1) is 11.2. The van der Waals surface area contributed by atoms with Crippen LogP contribution in [0.25, 0.3) is 0 Å². The largest absolute Gasteiger partial charge is 0.383 e. The molecule has 1 aliphatic carbocycles. The predicted octanol–water partition coefficient (Wildman–Crippen LogP) is 4.20. The lowest BCUT2D eigenvalue weighted by molar-refractivity contribution is 0.642. The van der Waals surface area contributed by atoms with Crippen LogP contribution in [0.15, 0.2) is 18.2 Å². The van der Waals surface area contributed by atoms with Crippen LogP contribution in [0.1, 0.15) is 31.7 Å². The molecule has 2 rings (SSSR count). The van der Waals surface area contributed by atoms with Gasteiger partial charge in [0.25, 0.3) is 0 Å². The summed E-state index contributed by atoms with van der Waals surface area (Å²) in [6.07, 6.45) is 4.21. The van der Waals surface area contributed by atoms with Gasteiger partial charge >= 0.3 is 0 Å². The highest BCUT2D eigenvalue weighted by atomic mass is 127. The maximum atomic E-state index is 3.58. The van der Waals surface area contributed by atoms with Gasteiger partial charge in [0.2, 0.25) is 0 Å². The van der Waals surface area contributed by atoms with E-state index in [0.29, 0.717) is 6.04 Å². The second-order valence-electron chi connectivity index (χ2n) is 4.69. The number of aryl methyl sites for hydroxylation is 1. The average Bonchev–Trinajstić information content (AvgIpc) is 2.95. The molecule has 0 heterocycles. The third-order valence-electron chi connectivity index (χ3n) is 2.97. The summed E-state index contributed by atoms with van der Waals surface area (Å²) in [7, 11) is 0. The fourth-order valence-electron chi connectivity index (χ4n) is 1.88. The van der Waals surface area contributed by atoms with Gasteiger partial charge in [0.15, 0.2) is 0 Å². The minimum absolute atomic E-state index is 0.607. The molecule has 1 unspecified atom stereocenters. The lowest BCUT2D eigenvalue weighted by Crippen LogP contribution is -2.15. The Balaban J connectivity index is 1.93. The Morgan fingerprint density at radius 3 is 2.80 bits per heavy atom. The van der Waals surface area contributed by atoms with E-state index in [0.717, 1.165) is 5.92 Å². The number of benzene rings is 1. The van der Waals surface area contributed by atoms with E-state index in [1.54, 1.807) is 0 Å². The van der Waals surface area contributed by atoms with Gasteiger partial charge in [-0.2, -0.15) is 0 Å². The molecule has 0 spiro atoms. The molecule has 0 aliphatic heterocycles. The van der Waals surface area contributed by atoms with Crippen LogP contribution in [0.5, 0.6) is 0 Å². The Kier molecular flexibility index (Phi) is 3.54. The van der Waals surface area contributed by atoms with Gasteiger partial charge in [-0.15, -0.1) is 0 Å². The Labute approximate surface area is 106 Å². The molecule has 1 aliphatic rings. The summed E-state index contributed by atoms with van der Waals surface area (Å²) in [6.45, 7) is 4.43. The molecular formula is C13H18IN. The van der Waals surface area contributed by atoms with E-state index in [1.165, 1.54) is 34.1 Å². The van der Waals surface area contributed by atoms with Gasteiger partial charge in [0.05, 0.1) is 0 Å². The molecule has 82 valence electrons. The van der Waals surface area contributed by atoms with Crippen molar-refractivity contribution < 1.29 is 0 Å². The van der Waals surface area contributed by atoms with E-state index >= 15 is 0 Å². The lowest BCUT2D eigenvalue weighted by atomic mass is 10.1. The summed E-state index contributed by atoms with van der Waals surface area (Å²) in [5.41, 5.74) is 2.62. The zero-order valence-corrected chi connectivity index (χ0v) is 11.5. The highest BCUT2D eigenvalue weighted by Crippen LogP contribution is 2.34. The fourth-order valence-corrected chi connectivity index (χ4v) is 2.39. The van der Waals surface area contributed by atoms with Crippen LogP contribution in [0.4, 0.5) is 5.69 Å². The Bertz CT molecular complexity index is 344. The van der Waals surface area contributed by atoms with Gasteiger partial charge in [-0.1, -0.05) is 18.9 Å². The van der Waals surface area contributed by atoms with Crippen LogP contribution in [-0.4, -0.2) is 6.04 Å². The van der Waals surface area contributed by atoms with E-state index in [-0.39, 0.29) is 0 Å². The number of halogens is 1. The second-order valence-corrected chi connectivity index (χ2v) is 5.85. The first-order valence-corrected chi connectivity index (χ1v) is 6.75. The van der Waals surface area contributed by atoms with Crippen molar-refractivity contribution in [2.75, 3.05) is 5.32 Å². The highest BCUT2D eigenvalue weighted by Gasteiger charge is 2.23. The van der Waals surface area contributed by atoms with Crippen LogP contribution < -0.4 is 5.32 Å². The van der Waals surface area contributed by atoms with Crippen molar-refractivity contribution in [1.29, 1.82) is 0 Å². The summed E-state index contributed by atoms with van der Waals surface area (Å²) in [6, 6.07) is 7.21. The minimum Gasteiger partial charge on any atom is -0.383 e. The van der Waals surface area contributed by atoms with Crippen molar-refractivity contribution in [3.63, 3.8) is 0 Å². The van der Waals surface area contributed by atoms with E-state index in [1.807, 2.05) is 0 Å². The van der Waals surface area contributed by atoms with Crippen LogP contribution in [0.3, 0.4) is 0 Å². The predicted molar refractivity (Wildman–Crippen MR) is 74.3 cm³/mol. The van der Waals surface area contributed by atoms with Gasteiger partial charge in [-0.3, -0.25) is 0 Å². The molecule has 15 heavy (non-hydrogen) atoms. The minimum atomic E-state index is 0.607. The summed E-state index contributed by atoms with van der Waals surface area (Å²) in [4.78, 5) is 0. The van der Waals surface area contributed by atoms with Crippen LogP contribution in [0.2, 0.25) is 0 Å². The summed E-state index contributed by atoms with van der Waals surface area (Å²) < 4.78 is 1.34. The maximum Gasteiger partial charge on any atom is 0.0353 e. The van der Waals surface area contributed by atoms with Crippen molar-refractivity contribution >= 4 is 28.3 Å². The zero-order valence-electron chi connectivity index (χ0n) is 9.39. The Morgan fingerprint density at radius 1 is 1.47 bits per heavy atom. The molecule has 2 heteroatoms. The molecule has 1 saturated carbocycles.